The largest absolute Gasteiger partial charge is 0.336 e. The highest BCUT2D eigenvalue weighted by atomic mass is 19.1. The van der Waals surface area contributed by atoms with Gasteiger partial charge < -0.3 is 10.6 Å². The van der Waals surface area contributed by atoms with Gasteiger partial charge in [0.25, 0.3) is 5.91 Å². The molecule has 2 rings (SSSR count). The summed E-state index contributed by atoms with van der Waals surface area (Å²) >= 11 is 0. The van der Waals surface area contributed by atoms with Crippen LogP contribution < -0.4 is 5.73 Å². The third kappa shape index (κ3) is 3.57. The maximum Gasteiger partial charge on any atom is 0.254 e. The molecule has 2 N–H and O–H groups in total. The van der Waals surface area contributed by atoms with E-state index < -0.39 is 0 Å². The summed E-state index contributed by atoms with van der Waals surface area (Å²) < 4.78 is 13.0. The van der Waals surface area contributed by atoms with Crippen LogP contribution in [0, 0.1) is 5.82 Å². The average Bonchev–Trinajstić information content (AvgIpc) is 2.46. The second-order valence-corrected chi connectivity index (χ2v) is 5.57. The first-order valence-corrected chi connectivity index (χ1v) is 7.44. The quantitative estimate of drug-likeness (QED) is 0.920. The monoisotopic (exact) mass is 278 g/mol. The van der Waals surface area contributed by atoms with Crippen molar-refractivity contribution in [2.45, 2.75) is 51.1 Å². The van der Waals surface area contributed by atoms with Crippen molar-refractivity contribution in [1.29, 1.82) is 0 Å². The van der Waals surface area contributed by atoms with Crippen LogP contribution in [-0.2, 0) is 0 Å². The molecule has 1 fully saturated rings. The first kappa shape index (κ1) is 15.0. The lowest BCUT2D eigenvalue weighted by Crippen LogP contribution is -2.44. The van der Waals surface area contributed by atoms with Gasteiger partial charge in [-0.05, 0) is 56.4 Å². The Kier molecular flexibility index (Phi) is 5.12. The number of amides is 1. The lowest BCUT2D eigenvalue weighted by atomic mass is 9.90. The maximum atomic E-state index is 13.0. The Labute approximate surface area is 120 Å². The van der Waals surface area contributed by atoms with Gasteiger partial charge in [-0.1, -0.05) is 6.92 Å². The van der Waals surface area contributed by atoms with Crippen LogP contribution in [0.3, 0.4) is 0 Å². The van der Waals surface area contributed by atoms with Gasteiger partial charge in [-0.3, -0.25) is 4.79 Å². The van der Waals surface area contributed by atoms with E-state index in [1.165, 1.54) is 12.1 Å². The second-order valence-electron chi connectivity index (χ2n) is 5.57. The molecule has 0 atom stereocenters. The number of hydrogen-bond donors (Lipinski definition) is 1. The number of hydrogen-bond acceptors (Lipinski definition) is 2. The smallest absolute Gasteiger partial charge is 0.254 e. The van der Waals surface area contributed by atoms with Gasteiger partial charge in [0, 0.05) is 24.2 Å². The lowest BCUT2D eigenvalue weighted by Gasteiger charge is -2.36. The molecule has 1 aliphatic carbocycles. The summed E-state index contributed by atoms with van der Waals surface area (Å²) in [6, 6.07) is 6.36. The van der Waals surface area contributed by atoms with Gasteiger partial charge in [0.15, 0.2) is 0 Å². The molecule has 0 saturated heterocycles. The number of carbonyl (C=O) groups is 1. The lowest BCUT2D eigenvalue weighted by molar-refractivity contribution is 0.0626. The van der Waals surface area contributed by atoms with Gasteiger partial charge in [0.05, 0.1) is 0 Å². The fraction of sp³-hybridized carbons (Fsp3) is 0.562. The molecule has 0 bridgehead atoms. The van der Waals surface area contributed by atoms with Crippen molar-refractivity contribution < 1.29 is 9.18 Å². The van der Waals surface area contributed by atoms with Crippen LogP contribution in [0.5, 0.6) is 0 Å². The van der Waals surface area contributed by atoms with E-state index in [9.17, 15) is 9.18 Å². The summed E-state index contributed by atoms with van der Waals surface area (Å²) in [6.07, 6.45) is 4.81. The van der Waals surface area contributed by atoms with Crippen LogP contribution in [-0.4, -0.2) is 29.4 Å². The van der Waals surface area contributed by atoms with E-state index in [0.29, 0.717) is 5.56 Å². The molecule has 0 heterocycles. The van der Waals surface area contributed by atoms with Crippen LogP contribution in [0.4, 0.5) is 4.39 Å². The zero-order valence-electron chi connectivity index (χ0n) is 12.0. The van der Waals surface area contributed by atoms with Crippen LogP contribution in [0.15, 0.2) is 24.3 Å². The van der Waals surface area contributed by atoms with E-state index in [1.54, 1.807) is 12.1 Å². The maximum absolute atomic E-state index is 13.0. The Bertz CT molecular complexity index is 438. The SMILES string of the molecule is CCCN(C(=O)c1ccc(F)cc1)C1CCC(N)CC1. The van der Waals surface area contributed by atoms with E-state index >= 15 is 0 Å². The molecule has 1 aromatic carbocycles. The van der Waals surface area contributed by atoms with Crippen LogP contribution in [0.1, 0.15) is 49.4 Å². The third-order valence-corrected chi connectivity index (χ3v) is 4.00. The second kappa shape index (κ2) is 6.84. The van der Waals surface area contributed by atoms with Crippen molar-refractivity contribution in [2.24, 2.45) is 5.73 Å². The van der Waals surface area contributed by atoms with Gasteiger partial charge in [0.2, 0.25) is 0 Å². The number of carbonyl (C=O) groups excluding carboxylic acids is 1. The Morgan fingerprint density at radius 2 is 1.85 bits per heavy atom. The molecule has 4 heteroatoms. The minimum atomic E-state index is -0.313. The van der Waals surface area contributed by atoms with Crippen molar-refractivity contribution in [3.8, 4) is 0 Å². The molecule has 1 aliphatic rings. The zero-order chi connectivity index (χ0) is 14.5. The molecule has 0 aromatic heterocycles. The molecule has 0 spiro atoms. The fourth-order valence-corrected chi connectivity index (χ4v) is 2.86. The van der Waals surface area contributed by atoms with Crippen molar-refractivity contribution >= 4 is 5.91 Å². The predicted molar refractivity (Wildman–Crippen MR) is 78.0 cm³/mol. The predicted octanol–water partition coefficient (Wildman–Crippen LogP) is 2.95. The summed E-state index contributed by atoms with van der Waals surface area (Å²) in [5.74, 6) is -0.306. The third-order valence-electron chi connectivity index (χ3n) is 4.00. The molecule has 0 unspecified atom stereocenters. The van der Waals surface area contributed by atoms with Crippen LogP contribution >= 0.6 is 0 Å². The molecular weight excluding hydrogens is 255 g/mol. The van der Waals surface area contributed by atoms with Crippen LogP contribution in [0.2, 0.25) is 0 Å². The van der Waals surface area contributed by atoms with Gasteiger partial charge in [-0.25, -0.2) is 4.39 Å². The van der Waals surface area contributed by atoms with E-state index in [4.69, 9.17) is 5.73 Å². The molecule has 0 aliphatic heterocycles. The highest BCUT2D eigenvalue weighted by Crippen LogP contribution is 2.24. The fourth-order valence-electron chi connectivity index (χ4n) is 2.86. The molecule has 1 aromatic rings. The van der Waals surface area contributed by atoms with Gasteiger partial charge in [-0.2, -0.15) is 0 Å². The summed E-state index contributed by atoms with van der Waals surface area (Å²) in [6.45, 7) is 2.82. The first-order valence-electron chi connectivity index (χ1n) is 7.44. The Morgan fingerprint density at radius 3 is 2.40 bits per heavy atom. The summed E-state index contributed by atoms with van der Waals surface area (Å²) in [5.41, 5.74) is 6.49. The molecule has 1 amide bonds. The summed E-state index contributed by atoms with van der Waals surface area (Å²) in [7, 11) is 0. The summed E-state index contributed by atoms with van der Waals surface area (Å²) in [4.78, 5) is 14.5. The van der Waals surface area contributed by atoms with E-state index in [1.807, 2.05) is 4.90 Å². The van der Waals surface area contributed by atoms with Crippen LogP contribution in [0.25, 0.3) is 0 Å². The standard InChI is InChI=1S/C16H23FN2O/c1-2-11-19(15-9-7-14(18)8-10-15)16(20)12-3-5-13(17)6-4-12/h3-6,14-15H,2,7-11,18H2,1H3. The molecule has 3 nitrogen and oxygen atoms in total. The van der Waals surface area contributed by atoms with Gasteiger partial charge >= 0.3 is 0 Å². The summed E-state index contributed by atoms with van der Waals surface area (Å²) in [5, 5.41) is 0. The number of rotatable bonds is 4. The van der Waals surface area contributed by atoms with Gasteiger partial charge in [-0.15, -0.1) is 0 Å². The highest BCUT2D eigenvalue weighted by Gasteiger charge is 2.27. The number of benzene rings is 1. The number of nitrogens with zero attached hydrogens (tertiary/aromatic N) is 1. The van der Waals surface area contributed by atoms with Crippen molar-refractivity contribution in [2.75, 3.05) is 6.54 Å². The van der Waals surface area contributed by atoms with Crippen molar-refractivity contribution in [3.63, 3.8) is 0 Å². The van der Waals surface area contributed by atoms with E-state index in [2.05, 4.69) is 6.92 Å². The zero-order valence-corrected chi connectivity index (χ0v) is 12.0. The molecule has 110 valence electrons. The molecule has 1 saturated carbocycles. The first-order chi connectivity index (χ1) is 9.61. The van der Waals surface area contributed by atoms with Crippen molar-refractivity contribution in [3.05, 3.63) is 35.6 Å². The minimum absolute atomic E-state index is 0.00678. The molecule has 0 radical (unpaired) electrons. The Morgan fingerprint density at radius 1 is 1.25 bits per heavy atom. The topological polar surface area (TPSA) is 46.3 Å². The number of nitrogens with two attached hydrogens (primary N) is 1. The minimum Gasteiger partial charge on any atom is -0.336 e. The normalized spacial score (nSPS) is 22.6. The van der Waals surface area contributed by atoms with Crippen molar-refractivity contribution in [1.82, 2.24) is 4.90 Å². The van der Waals surface area contributed by atoms with E-state index in [0.717, 1.165) is 38.6 Å². The average molecular weight is 278 g/mol. The van der Waals surface area contributed by atoms with E-state index in [-0.39, 0.29) is 23.8 Å². The molecular formula is C16H23FN2O. The Balaban J connectivity index is 2.11. The highest BCUT2D eigenvalue weighted by molar-refractivity contribution is 5.94. The van der Waals surface area contributed by atoms with Gasteiger partial charge in [0.1, 0.15) is 5.82 Å². The molecule has 20 heavy (non-hydrogen) atoms. The number of halogens is 1. The Hall–Kier alpha value is -1.42.